The lowest BCUT2D eigenvalue weighted by Gasteiger charge is -2.37. The molecule has 1 aliphatic carbocycles. The van der Waals surface area contributed by atoms with Crippen LogP contribution in [0.5, 0.6) is 0 Å². The van der Waals surface area contributed by atoms with E-state index in [-0.39, 0.29) is 43.1 Å². The molecule has 2 fully saturated rings. The van der Waals surface area contributed by atoms with Crippen molar-refractivity contribution in [3.8, 4) is 0 Å². The molecular weight excluding hydrogens is 360 g/mol. The van der Waals surface area contributed by atoms with Gasteiger partial charge in [-0.25, -0.2) is 8.78 Å². The lowest BCUT2D eigenvalue weighted by molar-refractivity contribution is -0.160. The number of aromatic nitrogens is 3. The number of halogens is 2. The number of hydrogen-bond donors (Lipinski definition) is 1. The summed E-state index contributed by atoms with van der Waals surface area (Å²) in [6.45, 7) is 5.08. The zero-order valence-electron chi connectivity index (χ0n) is 15.4. The molecule has 4 rings (SSSR count). The van der Waals surface area contributed by atoms with E-state index >= 15 is 0 Å². The van der Waals surface area contributed by atoms with Crippen LogP contribution >= 0.6 is 0 Å². The Morgan fingerprint density at radius 3 is 2.67 bits per heavy atom. The molecule has 3 heterocycles. The van der Waals surface area contributed by atoms with Crippen molar-refractivity contribution in [2.24, 2.45) is 5.92 Å². The van der Waals surface area contributed by atoms with Crippen LogP contribution in [-0.2, 0) is 22.7 Å². The number of amides is 2. The van der Waals surface area contributed by atoms with Gasteiger partial charge in [-0.05, 0) is 20.3 Å². The van der Waals surface area contributed by atoms with Gasteiger partial charge >= 0.3 is 0 Å². The minimum absolute atomic E-state index is 0.0283. The van der Waals surface area contributed by atoms with Crippen LogP contribution in [0, 0.1) is 5.92 Å². The predicted octanol–water partition coefficient (Wildman–Crippen LogP) is 0.963. The molecule has 27 heavy (non-hydrogen) atoms. The monoisotopic (exact) mass is 383 g/mol. The molecule has 1 atom stereocenters. The number of rotatable bonds is 3. The molecule has 1 saturated heterocycles. The smallest absolute Gasteiger partial charge is 0.289 e. The number of hydrogen-bond acceptors (Lipinski definition) is 5. The minimum atomic E-state index is -2.71. The van der Waals surface area contributed by atoms with E-state index in [1.807, 2.05) is 13.8 Å². The van der Waals surface area contributed by atoms with E-state index in [2.05, 4.69) is 15.5 Å². The van der Waals surface area contributed by atoms with Gasteiger partial charge in [0.15, 0.2) is 5.82 Å². The van der Waals surface area contributed by atoms with Gasteiger partial charge in [0.2, 0.25) is 17.7 Å². The second-order valence-electron chi connectivity index (χ2n) is 8.10. The first-order valence-corrected chi connectivity index (χ1v) is 9.22. The van der Waals surface area contributed by atoms with Crippen LogP contribution < -0.4 is 5.32 Å². The van der Waals surface area contributed by atoms with Crippen molar-refractivity contribution in [1.82, 2.24) is 25.0 Å². The fourth-order valence-corrected chi connectivity index (χ4v) is 4.03. The van der Waals surface area contributed by atoms with Gasteiger partial charge in [0, 0.05) is 31.3 Å². The summed E-state index contributed by atoms with van der Waals surface area (Å²) in [4.78, 5) is 26.4. The summed E-state index contributed by atoms with van der Waals surface area (Å²) in [5, 5.41) is 10.8. The third-order valence-corrected chi connectivity index (χ3v) is 5.47. The fraction of sp³-hybridized carbons (Fsp3) is 0.765. The summed E-state index contributed by atoms with van der Waals surface area (Å²) < 4.78 is 33.9. The molecule has 8 nitrogen and oxygen atoms in total. The third kappa shape index (κ3) is 3.30. The quantitative estimate of drug-likeness (QED) is 0.840. The van der Waals surface area contributed by atoms with E-state index in [1.54, 1.807) is 9.47 Å². The molecule has 1 saturated carbocycles. The fourth-order valence-electron chi connectivity index (χ4n) is 4.03. The normalized spacial score (nSPS) is 26.9. The molecule has 3 aliphatic rings. The van der Waals surface area contributed by atoms with Gasteiger partial charge in [-0.15, -0.1) is 10.2 Å². The number of likely N-dealkylation sites (tertiary alicyclic amines) is 1. The number of carbonyl (C=O) groups excluding carboxylic acids is 2. The first kappa shape index (κ1) is 18.3. The number of carbonyl (C=O) groups is 2. The highest BCUT2D eigenvalue weighted by Gasteiger charge is 2.52. The Hall–Kier alpha value is -2.10. The Balaban J connectivity index is 1.46. The summed E-state index contributed by atoms with van der Waals surface area (Å²) in [7, 11) is 0. The first-order chi connectivity index (χ1) is 12.7. The Labute approximate surface area is 155 Å². The van der Waals surface area contributed by atoms with E-state index in [1.165, 1.54) is 0 Å². The highest BCUT2D eigenvalue weighted by molar-refractivity contribution is 5.90. The minimum Gasteiger partial charge on any atom is -0.363 e. The maximum atomic E-state index is 13.1. The van der Waals surface area contributed by atoms with Crippen LogP contribution in [0.3, 0.4) is 0 Å². The van der Waals surface area contributed by atoms with E-state index in [0.29, 0.717) is 31.9 Å². The zero-order valence-corrected chi connectivity index (χ0v) is 15.4. The third-order valence-electron chi connectivity index (χ3n) is 5.47. The predicted molar refractivity (Wildman–Crippen MR) is 89.0 cm³/mol. The Kier molecular flexibility index (Phi) is 4.21. The molecule has 148 valence electrons. The number of fused-ring (bicyclic) bond motifs is 1. The van der Waals surface area contributed by atoms with Crippen molar-refractivity contribution < 1.29 is 23.1 Å². The van der Waals surface area contributed by atoms with Crippen LogP contribution in [0.2, 0.25) is 0 Å². The SMILES string of the molecule is CC(C)NC(=O)c1nnc2n1CC1(CCN(C(=O)C3CC(F)(F)C3)C1)OC2. The van der Waals surface area contributed by atoms with E-state index in [0.717, 1.165) is 0 Å². The molecule has 1 N–H and O–H groups in total. The number of nitrogens with one attached hydrogen (secondary N) is 1. The Morgan fingerprint density at radius 1 is 1.26 bits per heavy atom. The topological polar surface area (TPSA) is 89.4 Å². The van der Waals surface area contributed by atoms with E-state index in [9.17, 15) is 18.4 Å². The van der Waals surface area contributed by atoms with E-state index in [4.69, 9.17) is 4.74 Å². The summed E-state index contributed by atoms with van der Waals surface area (Å²) >= 11 is 0. The van der Waals surface area contributed by atoms with Gasteiger partial charge in [-0.3, -0.25) is 9.59 Å². The average Bonchev–Trinajstić information content (AvgIpc) is 3.16. The van der Waals surface area contributed by atoms with Crippen LogP contribution in [0.15, 0.2) is 0 Å². The van der Waals surface area contributed by atoms with Crippen molar-refractivity contribution in [2.45, 2.75) is 63.8 Å². The van der Waals surface area contributed by atoms with Gasteiger partial charge in [0.05, 0.1) is 13.1 Å². The summed E-state index contributed by atoms with van der Waals surface area (Å²) in [6.07, 6.45) is -0.151. The van der Waals surface area contributed by atoms with Crippen molar-refractivity contribution in [1.29, 1.82) is 0 Å². The van der Waals surface area contributed by atoms with Crippen molar-refractivity contribution in [3.63, 3.8) is 0 Å². The number of nitrogens with zero attached hydrogens (tertiary/aromatic N) is 4. The maximum Gasteiger partial charge on any atom is 0.289 e. The van der Waals surface area contributed by atoms with Gasteiger partial charge in [0.1, 0.15) is 12.2 Å². The Bertz CT molecular complexity index is 773. The molecule has 10 heteroatoms. The van der Waals surface area contributed by atoms with Gasteiger partial charge < -0.3 is 19.5 Å². The van der Waals surface area contributed by atoms with Crippen molar-refractivity contribution >= 4 is 11.8 Å². The molecule has 1 aromatic rings. The number of alkyl halides is 2. The highest BCUT2D eigenvalue weighted by atomic mass is 19.3. The van der Waals surface area contributed by atoms with Crippen molar-refractivity contribution in [3.05, 3.63) is 11.6 Å². The van der Waals surface area contributed by atoms with Crippen LogP contribution in [0.1, 0.15) is 49.6 Å². The second-order valence-corrected chi connectivity index (χ2v) is 8.10. The summed E-state index contributed by atoms with van der Waals surface area (Å²) in [6, 6.07) is -0.0283. The molecule has 1 spiro atoms. The van der Waals surface area contributed by atoms with Crippen LogP contribution in [-0.4, -0.2) is 62.1 Å². The maximum absolute atomic E-state index is 13.1. The van der Waals surface area contributed by atoms with Gasteiger partial charge in [-0.1, -0.05) is 0 Å². The molecule has 1 unspecified atom stereocenters. The van der Waals surface area contributed by atoms with Crippen LogP contribution in [0.25, 0.3) is 0 Å². The van der Waals surface area contributed by atoms with Gasteiger partial charge in [-0.2, -0.15) is 0 Å². The largest absolute Gasteiger partial charge is 0.363 e. The standard InChI is InChI=1S/C17H23F2N5O3/c1-10(2)20-14(25)13-22-21-12-7-27-16(9-24(12)13)3-4-23(8-16)15(26)11-5-17(18,19)6-11/h10-11H,3-9H2,1-2H3,(H,20,25). The average molecular weight is 383 g/mol. The molecule has 0 aromatic carbocycles. The molecule has 2 amide bonds. The van der Waals surface area contributed by atoms with E-state index < -0.39 is 17.4 Å². The highest BCUT2D eigenvalue weighted by Crippen LogP contribution is 2.44. The Morgan fingerprint density at radius 2 is 2.00 bits per heavy atom. The zero-order chi connectivity index (χ0) is 19.4. The molecule has 0 bridgehead atoms. The van der Waals surface area contributed by atoms with Crippen molar-refractivity contribution in [2.75, 3.05) is 13.1 Å². The number of ether oxygens (including phenoxy) is 1. The summed E-state index contributed by atoms with van der Waals surface area (Å²) in [5.41, 5.74) is -0.635. The molecule has 1 aromatic heterocycles. The first-order valence-electron chi connectivity index (χ1n) is 9.22. The lowest BCUT2D eigenvalue weighted by atomic mass is 9.80. The lowest BCUT2D eigenvalue weighted by Crippen LogP contribution is -2.49. The van der Waals surface area contributed by atoms with Crippen LogP contribution in [0.4, 0.5) is 8.78 Å². The molecule has 0 radical (unpaired) electrons. The second kappa shape index (κ2) is 6.22. The molecular formula is C17H23F2N5O3. The summed E-state index contributed by atoms with van der Waals surface area (Å²) in [5.74, 6) is -3.05. The van der Waals surface area contributed by atoms with Gasteiger partial charge in [0.25, 0.3) is 5.91 Å². The molecule has 2 aliphatic heterocycles.